The third kappa shape index (κ3) is 4.00. The van der Waals surface area contributed by atoms with E-state index < -0.39 is 0 Å². The molecule has 0 aromatic rings. The van der Waals surface area contributed by atoms with E-state index in [1.54, 1.807) is 0 Å². The fourth-order valence-electron chi connectivity index (χ4n) is 2.32. The first kappa shape index (κ1) is 13.3. The summed E-state index contributed by atoms with van der Waals surface area (Å²) in [5, 5.41) is 15.1. The summed E-state index contributed by atoms with van der Waals surface area (Å²) in [5.74, 6) is 1.35. The van der Waals surface area contributed by atoms with Crippen molar-refractivity contribution in [3.05, 3.63) is 0 Å². The van der Waals surface area contributed by atoms with Gasteiger partial charge in [0, 0.05) is 18.5 Å². The molecule has 4 N–H and O–H groups in total. The summed E-state index contributed by atoms with van der Waals surface area (Å²) in [6.45, 7) is 5.05. The van der Waals surface area contributed by atoms with Crippen LogP contribution in [0, 0.1) is 11.8 Å². The highest BCUT2D eigenvalue weighted by Gasteiger charge is 2.20. The van der Waals surface area contributed by atoms with Gasteiger partial charge in [-0.1, -0.05) is 25.4 Å². The lowest BCUT2D eigenvalue weighted by Gasteiger charge is -2.29. The third-order valence-corrected chi connectivity index (χ3v) is 3.76. The Morgan fingerprint density at radius 1 is 1.44 bits per heavy atom. The van der Waals surface area contributed by atoms with Crippen molar-refractivity contribution in [3.63, 3.8) is 0 Å². The number of nitrogens with zero attached hydrogens (tertiary/aromatic N) is 1. The monoisotopic (exact) mass is 227 g/mol. The fraction of sp³-hybridized carbons (Fsp3) is 0.917. The van der Waals surface area contributed by atoms with Gasteiger partial charge in [0.1, 0.15) is 5.84 Å². The van der Waals surface area contributed by atoms with Crippen LogP contribution >= 0.6 is 0 Å². The van der Waals surface area contributed by atoms with Crippen molar-refractivity contribution in [3.8, 4) is 0 Å². The summed E-state index contributed by atoms with van der Waals surface area (Å²) in [4.78, 5) is 0. The Bertz CT molecular complexity index is 222. The minimum Gasteiger partial charge on any atom is -0.409 e. The van der Waals surface area contributed by atoms with E-state index in [4.69, 9.17) is 10.9 Å². The first-order chi connectivity index (χ1) is 7.67. The minimum atomic E-state index is 0.105. The van der Waals surface area contributed by atoms with Crippen molar-refractivity contribution >= 4 is 5.84 Å². The van der Waals surface area contributed by atoms with Crippen LogP contribution < -0.4 is 11.1 Å². The maximum absolute atomic E-state index is 8.54. The SMILES string of the molecule is CCC1CCC(NCC(C)C(N)=NO)CC1. The molecule has 1 saturated carbocycles. The van der Waals surface area contributed by atoms with E-state index in [0.717, 1.165) is 12.5 Å². The van der Waals surface area contributed by atoms with E-state index in [2.05, 4.69) is 17.4 Å². The van der Waals surface area contributed by atoms with E-state index >= 15 is 0 Å². The van der Waals surface area contributed by atoms with Gasteiger partial charge < -0.3 is 16.3 Å². The average Bonchev–Trinajstić information content (AvgIpc) is 2.35. The number of rotatable bonds is 5. The van der Waals surface area contributed by atoms with Crippen LogP contribution in [-0.2, 0) is 0 Å². The molecule has 1 rings (SSSR count). The summed E-state index contributed by atoms with van der Waals surface area (Å²) in [7, 11) is 0. The van der Waals surface area contributed by atoms with E-state index in [1.165, 1.54) is 32.1 Å². The van der Waals surface area contributed by atoms with E-state index in [-0.39, 0.29) is 5.92 Å². The second kappa shape index (κ2) is 6.74. The molecule has 1 aliphatic rings. The first-order valence-corrected chi connectivity index (χ1v) is 6.38. The third-order valence-electron chi connectivity index (χ3n) is 3.76. The van der Waals surface area contributed by atoms with Crippen LogP contribution in [0.3, 0.4) is 0 Å². The fourth-order valence-corrected chi connectivity index (χ4v) is 2.32. The van der Waals surface area contributed by atoms with Crippen LogP contribution in [0.25, 0.3) is 0 Å². The number of hydrogen-bond acceptors (Lipinski definition) is 3. The zero-order valence-corrected chi connectivity index (χ0v) is 10.4. The average molecular weight is 227 g/mol. The molecule has 4 nitrogen and oxygen atoms in total. The molecule has 1 unspecified atom stereocenters. The number of oxime groups is 1. The van der Waals surface area contributed by atoms with Crippen molar-refractivity contribution in [1.29, 1.82) is 0 Å². The Hall–Kier alpha value is -0.770. The molecule has 16 heavy (non-hydrogen) atoms. The standard InChI is InChI=1S/C12H25N3O/c1-3-10-4-6-11(7-5-10)14-8-9(2)12(13)15-16/h9-11,14,16H,3-8H2,1-2H3,(H2,13,15). The lowest BCUT2D eigenvalue weighted by molar-refractivity contribution is 0.281. The Morgan fingerprint density at radius 3 is 2.56 bits per heavy atom. The molecular weight excluding hydrogens is 202 g/mol. The van der Waals surface area contributed by atoms with E-state index in [9.17, 15) is 0 Å². The predicted molar refractivity (Wildman–Crippen MR) is 66.6 cm³/mol. The van der Waals surface area contributed by atoms with Crippen LogP contribution in [0.4, 0.5) is 0 Å². The lowest BCUT2D eigenvalue weighted by atomic mass is 9.84. The molecule has 0 aromatic heterocycles. The van der Waals surface area contributed by atoms with Gasteiger partial charge in [0.2, 0.25) is 0 Å². The van der Waals surface area contributed by atoms with Crippen molar-refractivity contribution < 1.29 is 5.21 Å². The predicted octanol–water partition coefficient (Wildman–Crippen LogP) is 1.93. The van der Waals surface area contributed by atoms with Crippen LogP contribution in [-0.4, -0.2) is 23.6 Å². The van der Waals surface area contributed by atoms with Gasteiger partial charge in [-0.05, 0) is 31.6 Å². The maximum Gasteiger partial charge on any atom is 0.143 e. The Balaban J connectivity index is 2.19. The van der Waals surface area contributed by atoms with Crippen LogP contribution in [0.2, 0.25) is 0 Å². The Labute approximate surface area is 98.3 Å². The zero-order valence-electron chi connectivity index (χ0n) is 10.4. The second-order valence-electron chi connectivity index (χ2n) is 4.96. The van der Waals surface area contributed by atoms with Gasteiger partial charge in [-0.15, -0.1) is 0 Å². The summed E-state index contributed by atoms with van der Waals surface area (Å²) in [6.07, 6.45) is 6.52. The molecule has 0 aromatic carbocycles. The number of hydrogen-bond donors (Lipinski definition) is 3. The van der Waals surface area contributed by atoms with Crippen molar-refractivity contribution in [1.82, 2.24) is 5.32 Å². The Morgan fingerprint density at radius 2 is 2.06 bits per heavy atom. The molecular formula is C12H25N3O. The largest absolute Gasteiger partial charge is 0.409 e. The van der Waals surface area contributed by atoms with Crippen LogP contribution in [0.15, 0.2) is 5.16 Å². The molecule has 0 aliphatic heterocycles. The smallest absolute Gasteiger partial charge is 0.143 e. The normalized spacial score (nSPS) is 29.0. The van der Waals surface area contributed by atoms with Gasteiger partial charge in [-0.3, -0.25) is 0 Å². The minimum absolute atomic E-state index is 0.105. The number of nitrogens with two attached hydrogens (primary N) is 1. The molecule has 0 saturated heterocycles. The highest BCUT2D eigenvalue weighted by Crippen LogP contribution is 2.26. The molecule has 1 atom stereocenters. The zero-order chi connectivity index (χ0) is 12.0. The second-order valence-corrected chi connectivity index (χ2v) is 4.96. The quantitative estimate of drug-likeness (QED) is 0.291. The topological polar surface area (TPSA) is 70.6 Å². The molecule has 1 aliphatic carbocycles. The van der Waals surface area contributed by atoms with Gasteiger partial charge in [0.05, 0.1) is 0 Å². The van der Waals surface area contributed by atoms with E-state index in [0.29, 0.717) is 11.9 Å². The van der Waals surface area contributed by atoms with Gasteiger partial charge in [0.15, 0.2) is 0 Å². The molecule has 0 amide bonds. The molecule has 0 radical (unpaired) electrons. The molecule has 4 heteroatoms. The summed E-state index contributed by atoms with van der Waals surface area (Å²) >= 11 is 0. The summed E-state index contributed by atoms with van der Waals surface area (Å²) in [6, 6.07) is 0.622. The first-order valence-electron chi connectivity index (χ1n) is 6.38. The number of nitrogens with one attached hydrogen (secondary N) is 1. The van der Waals surface area contributed by atoms with Crippen molar-refractivity contribution in [2.24, 2.45) is 22.7 Å². The summed E-state index contributed by atoms with van der Waals surface area (Å²) < 4.78 is 0. The molecule has 0 spiro atoms. The molecule has 94 valence electrons. The highest BCUT2D eigenvalue weighted by atomic mass is 16.4. The molecule has 1 fully saturated rings. The van der Waals surface area contributed by atoms with Gasteiger partial charge in [-0.2, -0.15) is 0 Å². The molecule has 0 heterocycles. The van der Waals surface area contributed by atoms with Crippen molar-refractivity contribution in [2.75, 3.05) is 6.54 Å². The molecule has 0 bridgehead atoms. The van der Waals surface area contributed by atoms with Gasteiger partial charge in [0.25, 0.3) is 0 Å². The van der Waals surface area contributed by atoms with Gasteiger partial charge >= 0.3 is 0 Å². The van der Waals surface area contributed by atoms with Gasteiger partial charge in [-0.25, -0.2) is 0 Å². The van der Waals surface area contributed by atoms with Crippen LogP contribution in [0.1, 0.15) is 46.0 Å². The highest BCUT2D eigenvalue weighted by molar-refractivity contribution is 5.82. The summed E-state index contributed by atoms with van der Waals surface area (Å²) in [5.41, 5.74) is 5.54. The Kier molecular flexibility index (Phi) is 5.60. The lowest BCUT2D eigenvalue weighted by Crippen LogP contribution is -2.39. The van der Waals surface area contributed by atoms with Crippen LogP contribution in [0.5, 0.6) is 0 Å². The number of amidine groups is 1. The maximum atomic E-state index is 8.54. The van der Waals surface area contributed by atoms with E-state index in [1.807, 2.05) is 6.92 Å². The van der Waals surface area contributed by atoms with Crippen molar-refractivity contribution in [2.45, 2.75) is 52.0 Å².